The van der Waals surface area contributed by atoms with E-state index in [1.54, 1.807) is 42.5 Å². The molecule has 9 aromatic rings. The van der Waals surface area contributed by atoms with E-state index in [4.69, 9.17) is 10.2 Å². The van der Waals surface area contributed by atoms with Crippen LogP contribution in [0.4, 0.5) is 0 Å². The molecule has 5 N–H and O–H groups in total. The van der Waals surface area contributed by atoms with Gasteiger partial charge in [0.05, 0.1) is 4.47 Å². The summed E-state index contributed by atoms with van der Waals surface area (Å²) >= 11 is 35.0. The molecule has 0 aliphatic rings. The number of hydrogen-bond acceptors (Lipinski definition) is 7. The molecule has 610 valence electrons. The predicted octanol–water partition coefficient (Wildman–Crippen LogP) is 35.4. The molecule has 0 spiro atoms. The number of phenols is 5. The number of phenolic OH excluding ortho intramolecular Hbond substituents is 5. The molecule has 0 aliphatic carbocycles. The molecule has 18 heteroatoms. The highest BCUT2D eigenvalue weighted by Gasteiger charge is 2.13. The Bertz CT molecular complexity index is 3990. The second-order valence-electron chi connectivity index (χ2n) is 28.5. The summed E-state index contributed by atoms with van der Waals surface area (Å²) in [6.45, 7) is 50.5. The van der Waals surface area contributed by atoms with Gasteiger partial charge in [-0.1, -0.05) is 346 Å². The largest absolute Gasteiger partial charge is 0.508 e. The summed E-state index contributed by atoms with van der Waals surface area (Å²) in [5, 5.41) is 46.5. The van der Waals surface area contributed by atoms with E-state index in [0.29, 0.717) is 82.0 Å². The van der Waals surface area contributed by atoms with E-state index in [9.17, 15) is 24.9 Å². The molecule has 0 fully saturated rings. The third-order valence-electron chi connectivity index (χ3n) is 16.5. The van der Waals surface area contributed by atoms with Crippen molar-refractivity contribution >= 4 is 191 Å². The standard InChI is InChI=1S/2C11H13BrO.2C10H13BrO.2C10H13Br.2C9H11BrO.C9H12O.CH3I.2CH4.Br2/c1-7(2)10-4-8(3)11(12)5-9(10)6-13;1-7(2)10-4-8(3)9(6-13)5-11(10)12;1-6(2)8-4-7(3)10(12)5-9(8)11;1-6(2)8-4-7(3)9(11)5-10(8)12;1-7(2)9-4-5-10(11)8(3)6-9;1-7(2)9-6-8(3)4-5-10(9)11;1-6(2)8-5-7(11)3-4-9(8)10;1-6(2)7-3-4-8(10)9(11)5-7;1-7(2)8-4-3-5-9(10)6-8;1-2;;;1-2/h2*4-7H,1-3H3;2*4-6,12H,1-3H3;2*4-7H,1-3H3;2*3-6,11H,1-2H3;3-7,10H,1-2H3;1H3;2*1H4;. The van der Waals surface area contributed by atoms with E-state index in [-0.39, 0.29) is 14.9 Å². The number of hydrogen-bond donors (Lipinski definition) is 5. The molecule has 110 heavy (non-hydrogen) atoms. The smallest absolute Gasteiger partial charge is 0.150 e. The topological polar surface area (TPSA) is 135 Å². The molecule has 7 nitrogen and oxygen atoms in total. The SMILES string of the molecule is BrBr.C.C.CC(C)c1cc(O)ccc1Br.CC(C)c1ccc(Br)c(O)c1.CC(C)c1cccc(O)c1.CI.Cc1cc(C(C)C)c(Br)cc1C=O.Cc1cc(C(C)C)c(Br)cc1O.Cc1cc(C(C)C)c(C=O)cc1Br.Cc1cc(C(C)C)c(O)cc1Br.Cc1cc(C(C)C)ccc1Br.Cc1ccc(Br)c(C(C)C)c1. The van der Waals surface area contributed by atoms with Gasteiger partial charge in [-0.05, 0) is 272 Å². The Morgan fingerprint density at radius 2 is 0.609 bits per heavy atom. The number of aldehydes is 2. The van der Waals surface area contributed by atoms with E-state index in [1.165, 1.54) is 53.5 Å². The molecule has 0 aliphatic heterocycles. The average Bonchev–Trinajstić information content (AvgIpc) is 0.840. The van der Waals surface area contributed by atoms with Crippen molar-refractivity contribution in [1.29, 1.82) is 0 Å². The van der Waals surface area contributed by atoms with Crippen LogP contribution in [0.1, 0.15) is 297 Å². The highest BCUT2D eigenvalue weighted by Crippen LogP contribution is 2.35. The molecule has 0 saturated carbocycles. The molecule has 9 rings (SSSR count). The lowest BCUT2D eigenvalue weighted by atomic mass is 9.96. The summed E-state index contributed by atoms with van der Waals surface area (Å²) in [4.78, 5) is 23.4. The summed E-state index contributed by atoms with van der Waals surface area (Å²) in [6.07, 6.45) is 1.81. The van der Waals surface area contributed by atoms with Crippen LogP contribution in [0.3, 0.4) is 0 Å². The van der Waals surface area contributed by atoms with Crippen LogP contribution in [0.15, 0.2) is 181 Å². The number of aromatic hydroxyl groups is 5. The van der Waals surface area contributed by atoms with Crippen LogP contribution in [0.2, 0.25) is 0 Å². The first-order chi connectivity index (χ1) is 50.3. The van der Waals surface area contributed by atoms with Gasteiger partial charge in [-0.15, -0.1) is 0 Å². The Morgan fingerprint density at radius 1 is 0.273 bits per heavy atom. The molecule has 0 saturated heterocycles. The zero-order chi connectivity index (χ0) is 83.9. The Labute approximate surface area is 761 Å². The molecule has 0 atom stereocenters. The van der Waals surface area contributed by atoms with Gasteiger partial charge in [-0.25, -0.2) is 0 Å². The quantitative estimate of drug-likeness (QED) is 0.0494. The fourth-order valence-electron chi connectivity index (χ4n) is 9.78. The van der Waals surface area contributed by atoms with Crippen LogP contribution in [-0.4, -0.2) is 43.0 Å². The van der Waals surface area contributed by atoms with E-state index in [2.05, 4.69) is 365 Å². The first-order valence-corrected chi connectivity index (χ1v) is 47.8. The zero-order valence-corrected chi connectivity index (χ0v) is 85.4. The zero-order valence-electron chi connectivity index (χ0n) is 67.4. The Hall–Kier alpha value is -3.15. The molecule has 9 aromatic carbocycles. The van der Waals surface area contributed by atoms with Gasteiger partial charge in [-0.3, -0.25) is 9.59 Å². The summed E-state index contributed by atoms with van der Waals surface area (Å²) in [6, 6.07) is 46.8. The highest BCUT2D eigenvalue weighted by atomic mass is 127. The van der Waals surface area contributed by atoms with Crippen LogP contribution in [0, 0.1) is 41.5 Å². The van der Waals surface area contributed by atoms with Gasteiger partial charge in [-0.2, -0.15) is 0 Å². The molecule has 0 amide bonds. The van der Waals surface area contributed by atoms with Gasteiger partial charge in [0.15, 0.2) is 0 Å². The summed E-state index contributed by atoms with van der Waals surface area (Å²) in [5.74, 6) is 6.09. The molecule has 0 aromatic heterocycles. The van der Waals surface area contributed by atoms with E-state index in [0.717, 1.165) is 89.5 Å². The Morgan fingerprint density at radius 3 is 1.01 bits per heavy atom. The summed E-state index contributed by atoms with van der Waals surface area (Å²) in [5.41, 5.74) is 19.4. The van der Waals surface area contributed by atoms with Gasteiger partial charge < -0.3 is 25.5 Å². The van der Waals surface area contributed by atoms with Crippen molar-refractivity contribution in [2.24, 2.45) is 0 Å². The fourth-order valence-corrected chi connectivity index (χ4v) is 14.0. The minimum absolute atomic E-state index is 0. The van der Waals surface area contributed by atoms with E-state index in [1.807, 2.05) is 87.2 Å². The summed E-state index contributed by atoms with van der Waals surface area (Å²) in [7, 11) is 0. The number of halogens is 11. The lowest BCUT2D eigenvalue weighted by Crippen LogP contribution is -1.96. The van der Waals surface area contributed by atoms with Gasteiger partial charge >= 0.3 is 0 Å². The lowest BCUT2D eigenvalue weighted by molar-refractivity contribution is 0.111. The Kier molecular flexibility index (Phi) is 61.2. The molecule has 0 unspecified atom stereocenters. The normalized spacial score (nSPS) is 10.1. The van der Waals surface area contributed by atoms with Crippen molar-refractivity contribution in [3.05, 3.63) is 276 Å². The molecular formula is C92H123Br10IO7. The maximum atomic E-state index is 10.8. The summed E-state index contributed by atoms with van der Waals surface area (Å²) < 4.78 is 8.20. The van der Waals surface area contributed by atoms with Gasteiger partial charge in [0, 0.05) is 70.7 Å². The van der Waals surface area contributed by atoms with Crippen LogP contribution >= 0.6 is 178 Å². The van der Waals surface area contributed by atoms with Gasteiger partial charge in [0.1, 0.15) is 41.3 Å². The van der Waals surface area contributed by atoms with Crippen molar-refractivity contribution < 1.29 is 35.1 Å². The first-order valence-electron chi connectivity index (χ1n) is 35.6. The van der Waals surface area contributed by atoms with Crippen molar-refractivity contribution in [3.63, 3.8) is 0 Å². The van der Waals surface area contributed by atoms with Crippen LogP contribution in [0.25, 0.3) is 0 Å². The van der Waals surface area contributed by atoms with Crippen molar-refractivity contribution in [3.8, 4) is 28.7 Å². The minimum Gasteiger partial charge on any atom is -0.508 e. The van der Waals surface area contributed by atoms with Gasteiger partial charge in [0.25, 0.3) is 0 Å². The second kappa shape index (κ2) is 59.5. The first kappa shape index (κ1) is 113. The minimum atomic E-state index is 0. The number of rotatable bonds is 11. The van der Waals surface area contributed by atoms with E-state index >= 15 is 0 Å². The third-order valence-corrected chi connectivity index (χ3v) is 22.6. The maximum absolute atomic E-state index is 10.8. The number of carbonyl (C=O) groups excluding carboxylic acids is 2. The predicted molar refractivity (Wildman–Crippen MR) is 525 cm³/mol. The average molecular weight is 2270 g/mol. The molecule has 0 bridgehead atoms. The third kappa shape index (κ3) is 42.6. The number of aryl methyl sites for hydroxylation is 6. The fraction of sp³-hybridized carbons (Fsp3) is 0.391. The molecule has 0 radical (unpaired) electrons. The second-order valence-corrected chi connectivity index (χ2v) is 35.3. The van der Waals surface area contributed by atoms with E-state index < -0.39 is 0 Å². The van der Waals surface area contributed by atoms with Gasteiger partial charge in [0.2, 0.25) is 0 Å². The number of carbonyl (C=O) groups is 2. The van der Waals surface area contributed by atoms with Crippen LogP contribution < -0.4 is 0 Å². The van der Waals surface area contributed by atoms with Crippen molar-refractivity contribution in [2.75, 3.05) is 4.93 Å². The van der Waals surface area contributed by atoms with Crippen molar-refractivity contribution in [1.82, 2.24) is 0 Å². The maximum Gasteiger partial charge on any atom is 0.150 e. The highest BCUT2D eigenvalue weighted by molar-refractivity contribution is 14.1. The lowest BCUT2D eigenvalue weighted by Gasteiger charge is -2.10. The van der Waals surface area contributed by atoms with Crippen LogP contribution in [0.5, 0.6) is 28.7 Å². The molecular weight excluding hydrogens is 2140 g/mol. The van der Waals surface area contributed by atoms with Crippen LogP contribution in [-0.2, 0) is 0 Å². The van der Waals surface area contributed by atoms with Crippen molar-refractivity contribution in [2.45, 2.75) is 234 Å². The number of alkyl halides is 1. The Balaban J connectivity index is -0.000000570. The monoisotopic (exact) mass is 2260 g/mol. The molecule has 0 heterocycles. The number of benzene rings is 9.